The first-order valence-electron chi connectivity index (χ1n) is 4.49. The maximum atomic E-state index is 2.42. The molecule has 0 aliphatic carbocycles. The fourth-order valence-electron chi connectivity index (χ4n) is 0.968. The molecule has 0 unspecified atom stereocenters. The van der Waals surface area contributed by atoms with Crippen molar-refractivity contribution in [3.8, 4) is 0 Å². The Morgan fingerprint density at radius 2 is 1.27 bits per heavy atom. The lowest BCUT2D eigenvalue weighted by Gasteiger charge is -2.14. The van der Waals surface area contributed by atoms with Gasteiger partial charge in [0.2, 0.25) is 0 Å². The second-order valence-corrected chi connectivity index (χ2v) is 3.01. The van der Waals surface area contributed by atoms with Crippen LogP contribution in [0.25, 0.3) is 0 Å². The second kappa shape index (κ2) is 10.4. The number of unbranched alkanes of at least 4 members (excludes halogenated alkanes) is 2. The molecular formula is C9H22BrN. The Bertz CT molecular complexity index is 58.6. The first-order valence-corrected chi connectivity index (χ1v) is 4.49. The van der Waals surface area contributed by atoms with Crippen LogP contribution in [-0.4, -0.2) is 25.0 Å². The van der Waals surface area contributed by atoms with Crippen molar-refractivity contribution >= 4 is 17.0 Å². The summed E-state index contributed by atoms with van der Waals surface area (Å²) in [6.07, 6.45) is 5.33. The number of halogens is 1. The maximum absolute atomic E-state index is 2.42. The minimum atomic E-state index is 0. The molecule has 1 nitrogen and oxygen atoms in total. The van der Waals surface area contributed by atoms with Gasteiger partial charge >= 0.3 is 0 Å². The van der Waals surface area contributed by atoms with Crippen molar-refractivity contribution in [2.45, 2.75) is 39.5 Å². The van der Waals surface area contributed by atoms with Crippen molar-refractivity contribution in [3.63, 3.8) is 0 Å². The van der Waals surface area contributed by atoms with E-state index >= 15 is 0 Å². The van der Waals surface area contributed by atoms with Crippen LogP contribution in [0.2, 0.25) is 0 Å². The van der Waals surface area contributed by atoms with Crippen LogP contribution in [0.15, 0.2) is 0 Å². The van der Waals surface area contributed by atoms with Crippen LogP contribution in [0.1, 0.15) is 39.5 Å². The highest BCUT2D eigenvalue weighted by Crippen LogP contribution is 1.94. The summed E-state index contributed by atoms with van der Waals surface area (Å²) in [4.78, 5) is 2.42. The molecule has 0 amide bonds. The molecule has 0 fully saturated rings. The highest BCUT2D eigenvalue weighted by Gasteiger charge is 1.94. The van der Waals surface area contributed by atoms with E-state index in [4.69, 9.17) is 0 Å². The molecular weight excluding hydrogens is 202 g/mol. The predicted molar refractivity (Wildman–Crippen MR) is 57.6 cm³/mol. The van der Waals surface area contributed by atoms with Crippen LogP contribution >= 0.6 is 17.0 Å². The Morgan fingerprint density at radius 1 is 0.909 bits per heavy atom. The zero-order valence-electron chi connectivity index (χ0n) is 8.10. The quantitative estimate of drug-likeness (QED) is 0.670. The topological polar surface area (TPSA) is 3.24 Å². The molecule has 0 saturated heterocycles. The Balaban J connectivity index is 0. The van der Waals surface area contributed by atoms with Crippen molar-refractivity contribution in [2.75, 3.05) is 20.1 Å². The summed E-state index contributed by atoms with van der Waals surface area (Å²) in [5.74, 6) is 0. The molecule has 0 bridgehead atoms. The lowest BCUT2D eigenvalue weighted by Crippen LogP contribution is -2.20. The van der Waals surface area contributed by atoms with Crippen LogP contribution in [-0.2, 0) is 0 Å². The standard InChI is InChI=1S/C9H21N.BrH/c1-4-6-8-10(3)9-7-5-2;/h4-9H2,1-3H3;1H. The summed E-state index contributed by atoms with van der Waals surface area (Å²) in [5.41, 5.74) is 0. The summed E-state index contributed by atoms with van der Waals surface area (Å²) in [6.45, 7) is 7.04. The lowest BCUT2D eigenvalue weighted by molar-refractivity contribution is 0.322. The smallest absolute Gasteiger partial charge is 0.00219 e. The summed E-state index contributed by atoms with van der Waals surface area (Å²) in [7, 11) is 2.21. The third-order valence-corrected chi connectivity index (χ3v) is 1.79. The van der Waals surface area contributed by atoms with Gasteiger partial charge in [0, 0.05) is 0 Å². The molecule has 0 atom stereocenters. The van der Waals surface area contributed by atoms with E-state index in [1.54, 1.807) is 0 Å². The summed E-state index contributed by atoms with van der Waals surface area (Å²) < 4.78 is 0. The molecule has 70 valence electrons. The van der Waals surface area contributed by atoms with Crippen LogP contribution in [0, 0.1) is 0 Å². The Labute approximate surface area is 81.9 Å². The van der Waals surface area contributed by atoms with Crippen molar-refractivity contribution < 1.29 is 0 Å². The van der Waals surface area contributed by atoms with Crippen molar-refractivity contribution in [1.29, 1.82) is 0 Å². The minimum absolute atomic E-state index is 0. The fourth-order valence-corrected chi connectivity index (χ4v) is 0.968. The molecule has 11 heavy (non-hydrogen) atoms. The molecule has 0 saturated carbocycles. The van der Waals surface area contributed by atoms with Gasteiger partial charge in [-0.3, -0.25) is 0 Å². The van der Waals surface area contributed by atoms with Gasteiger partial charge in [-0.05, 0) is 33.0 Å². The maximum Gasteiger partial charge on any atom is -0.00219 e. The van der Waals surface area contributed by atoms with Gasteiger partial charge in [0.15, 0.2) is 0 Å². The molecule has 0 radical (unpaired) electrons. The van der Waals surface area contributed by atoms with E-state index in [2.05, 4.69) is 25.8 Å². The lowest BCUT2D eigenvalue weighted by atomic mass is 10.3. The van der Waals surface area contributed by atoms with E-state index in [-0.39, 0.29) is 17.0 Å². The first-order chi connectivity index (χ1) is 4.81. The van der Waals surface area contributed by atoms with Gasteiger partial charge < -0.3 is 4.90 Å². The molecule has 2 heteroatoms. The van der Waals surface area contributed by atoms with Gasteiger partial charge in [0.25, 0.3) is 0 Å². The Hall–Kier alpha value is 0.440. The largest absolute Gasteiger partial charge is 0.306 e. The van der Waals surface area contributed by atoms with Crippen LogP contribution < -0.4 is 0 Å². The van der Waals surface area contributed by atoms with Crippen LogP contribution in [0.4, 0.5) is 0 Å². The van der Waals surface area contributed by atoms with Gasteiger partial charge in [-0.1, -0.05) is 26.7 Å². The minimum Gasteiger partial charge on any atom is -0.306 e. The monoisotopic (exact) mass is 223 g/mol. The molecule has 0 aliphatic heterocycles. The summed E-state index contributed by atoms with van der Waals surface area (Å²) >= 11 is 0. The predicted octanol–water partition coefficient (Wildman–Crippen LogP) is 3.10. The van der Waals surface area contributed by atoms with Gasteiger partial charge in [0.1, 0.15) is 0 Å². The summed E-state index contributed by atoms with van der Waals surface area (Å²) in [5, 5.41) is 0. The fraction of sp³-hybridized carbons (Fsp3) is 1.00. The van der Waals surface area contributed by atoms with Gasteiger partial charge in [0.05, 0.1) is 0 Å². The highest BCUT2D eigenvalue weighted by molar-refractivity contribution is 8.93. The molecule has 0 aliphatic rings. The zero-order chi connectivity index (χ0) is 7.82. The van der Waals surface area contributed by atoms with Crippen molar-refractivity contribution in [1.82, 2.24) is 4.90 Å². The van der Waals surface area contributed by atoms with E-state index in [9.17, 15) is 0 Å². The SMILES string of the molecule is Br.CCCCN(C)CCCC. The van der Waals surface area contributed by atoms with Gasteiger partial charge in [-0.2, -0.15) is 0 Å². The van der Waals surface area contributed by atoms with E-state index < -0.39 is 0 Å². The van der Waals surface area contributed by atoms with Gasteiger partial charge in [-0.15, -0.1) is 17.0 Å². The van der Waals surface area contributed by atoms with E-state index in [0.717, 1.165) is 0 Å². The average molecular weight is 224 g/mol. The normalized spacial score (nSPS) is 9.82. The number of nitrogens with zero attached hydrogens (tertiary/aromatic N) is 1. The Morgan fingerprint density at radius 3 is 1.55 bits per heavy atom. The van der Waals surface area contributed by atoms with Crippen molar-refractivity contribution in [3.05, 3.63) is 0 Å². The van der Waals surface area contributed by atoms with E-state index in [1.807, 2.05) is 0 Å². The molecule has 0 aromatic rings. The number of hydrogen-bond acceptors (Lipinski definition) is 1. The summed E-state index contributed by atoms with van der Waals surface area (Å²) in [6, 6.07) is 0. The molecule has 0 aromatic heterocycles. The third-order valence-electron chi connectivity index (χ3n) is 1.79. The molecule has 0 spiro atoms. The highest BCUT2D eigenvalue weighted by atomic mass is 79.9. The third kappa shape index (κ3) is 10.4. The molecule has 0 heterocycles. The Kier molecular flexibility index (Phi) is 13.3. The second-order valence-electron chi connectivity index (χ2n) is 3.01. The van der Waals surface area contributed by atoms with E-state index in [0.29, 0.717) is 0 Å². The number of rotatable bonds is 6. The van der Waals surface area contributed by atoms with E-state index in [1.165, 1.54) is 38.8 Å². The molecule has 0 aromatic carbocycles. The van der Waals surface area contributed by atoms with Gasteiger partial charge in [-0.25, -0.2) is 0 Å². The van der Waals surface area contributed by atoms with Crippen LogP contribution in [0.5, 0.6) is 0 Å². The zero-order valence-corrected chi connectivity index (χ0v) is 9.81. The van der Waals surface area contributed by atoms with Crippen LogP contribution in [0.3, 0.4) is 0 Å². The molecule has 0 rings (SSSR count). The first kappa shape index (κ1) is 14.0. The number of hydrogen-bond donors (Lipinski definition) is 0. The molecule has 0 N–H and O–H groups in total. The average Bonchev–Trinajstić information content (AvgIpc) is 1.97. The van der Waals surface area contributed by atoms with Crippen molar-refractivity contribution in [2.24, 2.45) is 0 Å².